The molecule has 0 bridgehead atoms. The first-order chi connectivity index (χ1) is 13.2. The second-order valence-corrected chi connectivity index (χ2v) is 7.78. The van der Waals surface area contributed by atoms with Crippen LogP contribution in [-0.2, 0) is 4.74 Å². The second-order valence-electron chi connectivity index (χ2n) is 7.78. The molecule has 1 atom stereocenters. The Balaban J connectivity index is 1.48. The van der Waals surface area contributed by atoms with Crippen molar-refractivity contribution in [2.45, 2.75) is 45.1 Å². The third kappa shape index (κ3) is 4.35. The van der Waals surface area contributed by atoms with E-state index in [0.717, 1.165) is 48.5 Å². The van der Waals surface area contributed by atoms with Crippen LogP contribution in [0.15, 0.2) is 36.4 Å². The zero-order valence-electron chi connectivity index (χ0n) is 15.9. The molecule has 1 saturated carbocycles. The highest BCUT2D eigenvalue weighted by Crippen LogP contribution is 2.28. The van der Waals surface area contributed by atoms with Crippen molar-refractivity contribution in [1.82, 2.24) is 15.1 Å². The summed E-state index contributed by atoms with van der Waals surface area (Å²) >= 11 is 0. The molecule has 1 unspecified atom stereocenters. The van der Waals surface area contributed by atoms with Gasteiger partial charge in [0.15, 0.2) is 0 Å². The standard InChI is InChI=1S/C22H27N3O2/c1-16-7-12-21(24-23-16)18-8-10-19(11-9-18)22(26)25(14-17-4-2-5-17)15-20-6-3-13-27-20/h7-12,17,20H,2-6,13-15H2,1H3. The number of amides is 1. The lowest BCUT2D eigenvalue weighted by molar-refractivity contribution is 0.0448. The van der Waals surface area contributed by atoms with Gasteiger partial charge in [-0.05, 0) is 62.8 Å². The molecule has 4 rings (SSSR count). The van der Waals surface area contributed by atoms with Crippen molar-refractivity contribution in [3.05, 3.63) is 47.7 Å². The van der Waals surface area contributed by atoms with Crippen LogP contribution in [0.25, 0.3) is 11.3 Å². The summed E-state index contributed by atoms with van der Waals surface area (Å²) < 4.78 is 5.78. The molecule has 2 fully saturated rings. The summed E-state index contributed by atoms with van der Waals surface area (Å²) in [7, 11) is 0. The second kappa shape index (κ2) is 8.17. The van der Waals surface area contributed by atoms with E-state index in [-0.39, 0.29) is 12.0 Å². The van der Waals surface area contributed by atoms with Crippen LogP contribution < -0.4 is 0 Å². The van der Waals surface area contributed by atoms with Gasteiger partial charge in [-0.15, -0.1) is 0 Å². The number of rotatable bonds is 6. The lowest BCUT2D eigenvalue weighted by Crippen LogP contribution is -2.41. The summed E-state index contributed by atoms with van der Waals surface area (Å²) in [6.07, 6.45) is 6.11. The number of aromatic nitrogens is 2. The summed E-state index contributed by atoms with van der Waals surface area (Å²) in [5, 5.41) is 8.33. The number of nitrogens with zero attached hydrogens (tertiary/aromatic N) is 3. The topological polar surface area (TPSA) is 55.3 Å². The minimum atomic E-state index is 0.110. The SMILES string of the molecule is Cc1ccc(-c2ccc(C(=O)N(CC3CCC3)CC3CCCO3)cc2)nn1. The van der Waals surface area contributed by atoms with E-state index in [2.05, 4.69) is 10.2 Å². The monoisotopic (exact) mass is 365 g/mol. The Morgan fingerprint density at radius 2 is 1.85 bits per heavy atom. The van der Waals surface area contributed by atoms with Crippen molar-refractivity contribution in [3.8, 4) is 11.3 Å². The Bertz CT molecular complexity index is 763. The molecule has 0 radical (unpaired) electrons. The predicted molar refractivity (Wildman–Crippen MR) is 104 cm³/mol. The quantitative estimate of drug-likeness (QED) is 0.780. The number of benzene rings is 1. The third-order valence-electron chi connectivity index (χ3n) is 5.66. The van der Waals surface area contributed by atoms with Gasteiger partial charge in [0.2, 0.25) is 0 Å². The van der Waals surface area contributed by atoms with Gasteiger partial charge < -0.3 is 9.64 Å². The Labute approximate surface area is 160 Å². The maximum atomic E-state index is 13.1. The van der Waals surface area contributed by atoms with Gasteiger partial charge in [-0.25, -0.2) is 0 Å². The van der Waals surface area contributed by atoms with E-state index in [1.165, 1.54) is 19.3 Å². The molecule has 142 valence electrons. The molecule has 2 heterocycles. The number of ether oxygens (including phenoxy) is 1. The lowest BCUT2D eigenvalue weighted by atomic mass is 9.85. The van der Waals surface area contributed by atoms with Gasteiger partial charge in [0.25, 0.3) is 5.91 Å². The van der Waals surface area contributed by atoms with Gasteiger partial charge in [-0.3, -0.25) is 4.79 Å². The molecule has 0 spiro atoms. The number of carbonyl (C=O) groups excluding carboxylic acids is 1. The summed E-state index contributed by atoms with van der Waals surface area (Å²) in [4.78, 5) is 15.2. The van der Waals surface area contributed by atoms with Crippen LogP contribution in [0.2, 0.25) is 0 Å². The highest BCUT2D eigenvalue weighted by Gasteiger charge is 2.28. The van der Waals surface area contributed by atoms with Crippen LogP contribution in [0.3, 0.4) is 0 Å². The first-order valence-corrected chi connectivity index (χ1v) is 10.0. The van der Waals surface area contributed by atoms with E-state index < -0.39 is 0 Å². The van der Waals surface area contributed by atoms with Gasteiger partial charge in [-0.1, -0.05) is 18.6 Å². The highest BCUT2D eigenvalue weighted by molar-refractivity contribution is 5.94. The minimum Gasteiger partial charge on any atom is -0.376 e. The lowest BCUT2D eigenvalue weighted by Gasteiger charge is -2.33. The number of hydrogen-bond donors (Lipinski definition) is 0. The first kappa shape index (κ1) is 18.1. The summed E-state index contributed by atoms with van der Waals surface area (Å²) in [5.41, 5.74) is 3.43. The Hall–Kier alpha value is -2.27. The molecule has 1 saturated heterocycles. The van der Waals surface area contributed by atoms with E-state index in [4.69, 9.17) is 4.74 Å². The van der Waals surface area contributed by atoms with Crippen molar-refractivity contribution in [1.29, 1.82) is 0 Å². The van der Waals surface area contributed by atoms with E-state index in [9.17, 15) is 4.79 Å². The van der Waals surface area contributed by atoms with Crippen LogP contribution in [0.4, 0.5) is 0 Å². The Morgan fingerprint density at radius 1 is 1.04 bits per heavy atom. The molecule has 1 amide bonds. The molecular formula is C22H27N3O2. The number of aryl methyl sites for hydroxylation is 1. The Morgan fingerprint density at radius 3 is 2.44 bits per heavy atom. The molecule has 5 heteroatoms. The fraction of sp³-hybridized carbons (Fsp3) is 0.500. The molecule has 5 nitrogen and oxygen atoms in total. The molecule has 2 aliphatic rings. The largest absolute Gasteiger partial charge is 0.376 e. The van der Waals surface area contributed by atoms with Crippen molar-refractivity contribution in [2.24, 2.45) is 5.92 Å². The van der Waals surface area contributed by atoms with Gasteiger partial charge in [0, 0.05) is 30.8 Å². The molecule has 1 aromatic carbocycles. The van der Waals surface area contributed by atoms with Crippen LogP contribution in [0.5, 0.6) is 0 Å². The zero-order chi connectivity index (χ0) is 18.6. The normalized spacial score (nSPS) is 19.7. The predicted octanol–water partition coefficient (Wildman–Crippen LogP) is 3.87. The molecular weight excluding hydrogens is 338 g/mol. The van der Waals surface area contributed by atoms with Crippen LogP contribution in [-0.4, -0.2) is 46.8 Å². The average Bonchev–Trinajstić information content (AvgIpc) is 3.17. The third-order valence-corrected chi connectivity index (χ3v) is 5.66. The average molecular weight is 365 g/mol. The van der Waals surface area contributed by atoms with Crippen molar-refractivity contribution in [3.63, 3.8) is 0 Å². The van der Waals surface area contributed by atoms with Crippen LogP contribution in [0.1, 0.15) is 48.2 Å². The molecule has 2 aromatic rings. The van der Waals surface area contributed by atoms with E-state index in [0.29, 0.717) is 12.5 Å². The van der Waals surface area contributed by atoms with Crippen molar-refractivity contribution >= 4 is 5.91 Å². The van der Waals surface area contributed by atoms with Gasteiger partial charge in [0.05, 0.1) is 17.5 Å². The van der Waals surface area contributed by atoms with Crippen molar-refractivity contribution < 1.29 is 9.53 Å². The molecule has 1 aliphatic carbocycles. The Kier molecular flexibility index (Phi) is 5.48. The zero-order valence-corrected chi connectivity index (χ0v) is 15.9. The van der Waals surface area contributed by atoms with Crippen LogP contribution in [0, 0.1) is 12.8 Å². The fourth-order valence-electron chi connectivity index (χ4n) is 3.78. The smallest absolute Gasteiger partial charge is 0.253 e. The summed E-state index contributed by atoms with van der Waals surface area (Å²) in [5.74, 6) is 0.761. The molecule has 1 aromatic heterocycles. The fourth-order valence-corrected chi connectivity index (χ4v) is 3.78. The van der Waals surface area contributed by atoms with Crippen LogP contribution >= 0.6 is 0 Å². The number of hydrogen-bond acceptors (Lipinski definition) is 4. The van der Waals surface area contributed by atoms with E-state index in [1.54, 1.807) is 0 Å². The van der Waals surface area contributed by atoms with E-state index >= 15 is 0 Å². The maximum absolute atomic E-state index is 13.1. The van der Waals surface area contributed by atoms with Crippen molar-refractivity contribution in [2.75, 3.05) is 19.7 Å². The summed E-state index contributed by atoms with van der Waals surface area (Å²) in [6.45, 7) is 4.30. The maximum Gasteiger partial charge on any atom is 0.253 e. The van der Waals surface area contributed by atoms with Gasteiger partial charge in [-0.2, -0.15) is 10.2 Å². The minimum absolute atomic E-state index is 0.110. The van der Waals surface area contributed by atoms with E-state index in [1.807, 2.05) is 48.2 Å². The first-order valence-electron chi connectivity index (χ1n) is 10.0. The number of carbonyl (C=O) groups is 1. The van der Waals surface area contributed by atoms with Gasteiger partial charge >= 0.3 is 0 Å². The highest BCUT2D eigenvalue weighted by atomic mass is 16.5. The molecule has 27 heavy (non-hydrogen) atoms. The molecule has 0 N–H and O–H groups in total. The summed E-state index contributed by atoms with van der Waals surface area (Å²) in [6, 6.07) is 11.6. The van der Waals surface area contributed by atoms with Gasteiger partial charge in [0.1, 0.15) is 0 Å². The molecule has 1 aliphatic heterocycles.